The van der Waals surface area contributed by atoms with Crippen molar-refractivity contribution in [2.45, 2.75) is 43.9 Å². The van der Waals surface area contributed by atoms with Gasteiger partial charge in [-0.1, -0.05) is 30.3 Å². The highest BCUT2D eigenvalue weighted by atomic mass is 32.2. The Bertz CT molecular complexity index is 1090. The van der Waals surface area contributed by atoms with Crippen LogP contribution in [0.4, 0.5) is 5.13 Å². The summed E-state index contributed by atoms with van der Waals surface area (Å²) < 4.78 is 0. The van der Waals surface area contributed by atoms with Crippen molar-refractivity contribution in [1.29, 1.82) is 0 Å². The largest absolute Gasteiger partial charge is 0.356 e. The van der Waals surface area contributed by atoms with Crippen molar-refractivity contribution in [3.05, 3.63) is 64.5 Å². The van der Waals surface area contributed by atoms with Crippen LogP contribution in [0, 0.1) is 0 Å². The average Bonchev–Trinajstić information content (AvgIpc) is 3.45. The Morgan fingerprint density at radius 1 is 1.09 bits per heavy atom. The van der Waals surface area contributed by atoms with E-state index in [1.54, 1.807) is 11.8 Å². The van der Waals surface area contributed by atoms with Crippen LogP contribution in [-0.2, 0) is 28.9 Å². The van der Waals surface area contributed by atoms with Gasteiger partial charge in [-0.3, -0.25) is 9.59 Å². The maximum atomic E-state index is 12.4. The lowest BCUT2D eigenvalue weighted by Crippen LogP contribution is -2.21. The summed E-state index contributed by atoms with van der Waals surface area (Å²) in [4.78, 5) is 29.0. The van der Waals surface area contributed by atoms with E-state index < -0.39 is 0 Å². The Morgan fingerprint density at radius 2 is 1.91 bits per heavy atom. The summed E-state index contributed by atoms with van der Waals surface area (Å²) in [6.07, 6.45) is 5.39. The number of aryl methyl sites for hydroxylation is 3. The van der Waals surface area contributed by atoms with E-state index in [2.05, 4.69) is 58.1 Å². The molecule has 0 aliphatic heterocycles. The SMILES string of the molecule is CC(=O)NCCCc1ccc(-c2csc(NC(=O)CSc3ccc4c(c3)CCC4)n2)cc1. The molecule has 4 rings (SSSR count). The first-order valence-electron chi connectivity index (χ1n) is 10.9. The lowest BCUT2D eigenvalue weighted by Gasteiger charge is -2.05. The normalized spacial score (nSPS) is 12.4. The van der Waals surface area contributed by atoms with Gasteiger partial charge in [-0.05, 0) is 60.9 Å². The molecule has 5 nitrogen and oxygen atoms in total. The summed E-state index contributed by atoms with van der Waals surface area (Å²) in [6, 6.07) is 14.8. The summed E-state index contributed by atoms with van der Waals surface area (Å²) in [6.45, 7) is 2.23. The number of anilines is 1. The number of hydrogen-bond donors (Lipinski definition) is 2. The number of thiazole rings is 1. The zero-order chi connectivity index (χ0) is 22.3. The standard InChI is InChI=1S/C25H27N3O2S2/c1-17(29)26-13-3-4-18-7-9-20(10-8-18)23-15-32-25(27-23)28-24(30)16-31-22-12-11-19-5-2-6-21(19)14-22/h7-12,14-15H,2-6,13,16H2,1H3,(H,26,29)(H,27,28,30). The van der Waals surface area contributed by atoms with E-state index in [4.69, 9.17) is 0 Å². The summed E-state index contributed by atoms with van der Waals surface area (Å²) >= 11 is 3.01. The van der Waals surface area contributed by atoms with Gasteiger partial charge >= 0.3 is 0 Å². The second kappa shape index (κ2) is 10.8. The third-order valence-electron chi connectivity index (χ3n) is 5.46. The van der Waals surface area contributed by atoms with Gasteiger partial charge in [0.25, 0.3) is 0 Å². The summed E-state index contributed by atoms with van der Waals surface area (Å²) in [7, 11) is 0. The molecule has 0 saturated heterocycles. The van der Waals surface area contributed by atoms with Crippen LogP contribution in [0.1, 0.15) is 36.5 Å². The first-order chi connectivity index (χ1) is 15.6. The zero-order valence-corrected chi connectivity index (χ0v) is 19.8. The van der Waals surface area contributed by atoms with Crippen LogP contribution in [0.5, 0.6) is 0 Å². The van der Waals surface area contributed by atoms with Crippen molar-refractivity contribution in [2.24, 2.45) is 0 Å². The molecule has 1 aliphatic carbocycles. The molecule has 0 bridgehead atoms. The molecule has 0 atom stereocenters. The number of thioether (sulfide) groups is 1. The van der Waals surface area contributed by atoms with E-state index >= 15 is 0 Å². The molecule has 0 fully saturated rings. The number of fused-ring (bicyclic) bond motifs is 1. The van der Waals surface area contributed by atoms with Gasteiger partial charge in [-0.15, -0.1) is 23.1 Å². The van der Waals surface area contributed by atoms with Crippen LogP contribution in [0.3, 0.4) is 0 Å². The molecule has 0 saturated carbocycles. The van der Waals surface area contributed by atoms with E-state index in [9.17, 15) is 9.59 Å². The maximum absolute atomic E-state index is 12.4. The highest BCUT2D eigenvalue weighted by Gasteiger charge is 2.13. The first kappa shape index (κ1) is 22.6. The zero-order valence-electron chi connectivity index (χ0n) is 18.1. The smallest absolute Gasteiger partial charge is 0.236 e. The molecule has 3 aromatic rings. The lowest BCUT2D eigenvalue weighted by molar-refractivity contribution is -0.119. The monoisotopic (exact) mass is 465 g/mol. The average molecular weight is 466 g/mol. The number of hydrogen-bond acceptors (Lipinski definition) is 5. The van der Waals surface area contributed by atoms with Crippen molar-refractivity contribution < 1.29 is 9.59 Å². The fourth-order valence-electron chi connectivity index (χ4n) is 3.81. The van der Waals surface area contributed by atoms with Gasteiger partial charge in [0.15, 0.2) is 5.13 Å². The number of amides is 2. The molecule has 166 valence electrons. The summed E-state index contributed by atoms with van der Waals surface area (Å²) in [5.41, 5.74) is 6.00. The van der Waals surface area contributed by atoms with E-state index in [0.717, 1.165) is 35.4 Å². The van der Waals surface area contributed by atoms with Crippen molar-refractivity contribution in [3.63, 3.8) is 0 Å². The second-order valence-electron chi connectivity index (χ2n) is 7.94. The summed E-state index contributed by atoms with van der Waals surface area (Å²) in [5, 5.41) is 8.33. The van der Waals surface area contributed by atoms with Gasteiger partial charge in [-0.2, -0.15) is 0 Å². The molecule has 1 aromatic heterocycles. The van der Waals surface area contributed by atoms with Crippen LogP contribution in [-0.4, -0.2) is 29.1 Å². The van der Waals surface area contributed by atoms with Gasteiger partial charge in [0.1, 0.15) is 0 Å². The number of carbonyl (C=O) groups excluding carboxylic acids is 2. The number of carbonyl (C=O) groups is 2. The highest BCUT2D eigenvalue weighted by molar-refractivity contribution is 8.00. The minimum absolute atomic E-state index is 0.00796. The fraction of sp³-hybridized carbons (Fsp3) is 0.320. The van der Waals surface area contributed by atoms with Crippen molar-refractivity contribution in [2.75, 3.05) is 17.6 Å². The number of nitrogens with zero attached hydrogens (tertiary/aromatic N) is 1. The Balaban J connectivity index is 1.26. The Hall–Kier alpha value is -2.64. The van der Waals surface area contributed by atoms with Crippen molar-refractivity contribution in [3.8, 4) is 11.3 Å². The number of rotatable bonds is 9. The van der Waals surface area contributed by atoms with Gasteiger partial charge < -0.3 is 10.6 Å². The quantitative estimate of drug-likeness (QED) is 0.341. The van der Waals surface area contributed by atoms with Gasteiger partial charge in [0.05, 0.1) is 11.4 Å². The molecular formula is C25H27N3O2S2. The number of benzene rings is 2. The Labute approximate surface area is 197 Å². The highest BCUT2D eigenvalue weighted by Crippen LogP contribution is 2.28. The van der Waals surface area contributed by atoms with E-state index in [1.807, 2.05) is 5.38 Å². The van der Waals surface area contributed by atoms with Crippen LogP contribution in [0.25, 0.3) is 11.3 Å². The van der Waals surface area contributed by atoms with Crippen LogP contribution >= 0.6 is 23.1 Å². The van der Waals surface area contributed by atoms with Crippen LogP contribution < -0.4 is 10.6 Å². The maximum Gasteiger partial charge on any atom is 0.236 e. The predicted molar refractivity (Wildman–Crippen MR) is 132 cm³/mol. The number of nitrogens with one attached hydrogen (secondary N) is 2. The van der Waals surface area contributed by atoms with E-state index in [1.165, 1.54) is 47.8 Å². The van der Waals surface area contributed by atoms with Gasteiger partial charge in [0, 0.05) is 29.3 Å². The molecule has 2 amide bonds. The minimum Gasteiger partial charge on any atom is -0.356 e. The molecule has 0 radical (unpaired) electrons. The molecule has 32 heavy (non-hydrogen) atoms. The second-order valence-corrected chi connectivity index (χ2v) is 9.85. The summed E-state index contributed by atoms with van der Waals surface area (Å²) in [5.74, 6) is 0.348. The van der Waals surface area contributed by atoms with Crippen LogP contribution in [0.15, 0.2) is 52.7 Å². The topological polar surface area (TPSA) is 71.1 Å². The van der Waals surface area contributed by atoms with Gasteiger partial charge in [-0.25, -0.2) is 4.98 Å². The molecule has 0 spiro atoms. The predicted octanol–water partition coefficient (Wildman–Crippen LogP) is 5.10. The molecule has 1 heterocycles. The first-order valence-corrected chi connectivity index (χ1v) is 12.8. The third-order valence-corrected chi connectivity index (χ3v) is 7.21. The Morgan fingerprint density at radius 3 is 2.72 bits per heavy atom. The van der Waals surface area contributed by atoms with Gasteiger partial charge in [0.2, 0.25) is 11.8 Å². The van der Waals surface area contributed by atoms with E-state index in [0.29, 0.717) is 17.4 Å². The molecule has 2 N–H and O–H groups in total. The van der Waals surface area contributed by atoms with Crippen molar-refractivity contribution in [1.82, 2.24) is 10.3 Å². The molecule has 7 heteroatoms. The van der Waals surface area contributed by atoms with Crippen molar-refractivity contribution >= 4 is 40.0 Å². The lowest BCUT2D eigenvalue weighted by atomic mass is 10.1. The van der Waals surface area contributed by atoms with E-state index in [-0.39, 0.29) is 11.8 Å². The Kier molecular flexibility index (Phi) is 7.60. The molecule has 0 unspecified atom stereocenters. The molecule has 2 aromatic carbocycles. The minimum atomic E-state index is -0.0362. The van der Waals surface area contributed by atoms with Crippen LogP contribution in [0.2, 0.25) is 0 Å². The molecule has 1 aliphatic rings. The molecular weight excluding hydrogens is 438 g/mol. The fourth-order valence-corrected chi connectivity index (χ4v) is 5.30. The third kappa shape index (κ3) is 6.20. The number of aromatic nitrogens is 1.